The fourth-order valence-electron chi connectivity index (χ4n) is 5.83. The van der Waals surface area contributed by atoms with Gasteiger partial charge in [0, 0.05) is 23.3 Å². The molecule has 0 aromatic rings. The molecule has 2 heterocycles. The number of nitrogens with zero attached hydrogens (tertiary/aromatic N) is 1. The zero-order valence-corrected chi connectivity index (χ0v) is 28.3. The molecule has 8 nitrogen and oxygen atoms in total. The summed E-state index contributed by atoms with van der Waals surface area (Å²) in [5.74, 6) is 3.07. The molecule has 2 aliphatic heterocycles. The Labute approximate surface area is 304 Å². The molecule has 0 amide bonds. The van der Waals surface area contributed by atoms with Gasteiger partial charge < -0.3 is 33.6 Å². The number of carbonyl (C=O) groups excluding carboxylic acids is 1. The number of piperidine rings is 1. The van der Waals surface area contributed by atoms with Gasteiger partial charge in [0.1, 0.15) is 5.76 Å². The van der Waals surface area contributed by atoms with E-state index < -0.39 is 7.82 Å². The second-order valence-corrected chi connectivity index (χ2v) is 8.71. The molecule has 2 saturated heterocycles. The molecular weight excluding hydrogens is 490 g/mol. The third-order valence-corrected chi connectivity index (χ3v) is 6.72. The second kappa shape index (κ2) is 12.1. The quantitative estimate of drug-likeness (QED) is 0.251. The molecule has 148 valence electrons. The first-order chi connectivity index (χ1) is 12.7. The third-order valence-electron chi connectivity index (χ3n) is 6.72. The van der Waals surface area contributed by atoms with Gasteiger partial charge in [-0.1, -0.05) is 12.2 Å². The van der Waals surface area contributed by atoms with Crippen molar-refractivity contribution < 1.29 is 188 Å². The molecule has 5 rings (SSSR count). The van der Waals surface area contributed by atoms with Crippen molar-refractivity contribution in [1.29, 1.82) is 0 Å². The minimum absolute atomic E-state index is 0. The number of carbonyl (C=O) groups is 1. The van der Waals surface area contributed by atoms with Gasteiger partial charge in [0.05, 0.1) is 7.11 Å². The number of rotatable bonds is 1. The van der Waals surface area contributed by atoms with Crippen LogP contribution in [0.3, 0.4) is 0 Å². The van der Waals surface area contributed by atoms with Gasteiger partial charge in [0.2, 0.25) is 0 Å². The van der Waals surface area contributed by atoms with Crippen molar-refractivity contribution in [2.75, 3.05) is 20.7 Å². The summed E-state index contributed by atoms with van der Waals surface area (Å²) < 4.78 is 20.3. The van der Waals surface area contributed by atoms with Gasteiger partial charge in [0.15, 0.2) is 17.6 Å². The monoisotopic (exact) mass is 511 g/mol. The summed E-state index contributed by atoms with van der Waals surface area (Å²) in [6.45, 7) is 1.05. The van der Waals surface area contributed by atoms with Crippen molar-refractivity contribution in [3.63, 3.8) is 0 Å². The Hall–Kier alpha value is 3.47. The van der Waals surface area contributed by atoms with Crippen LogP contribution in [0, 0.1) is 23.2 Å². The third kappa shape index (κ3) is 5.72. The van der Waals surface area contributed by atoms with Crippen LogP contribution in [0.2, 0.25) is 0 Å². The van der Waals surface area contributed by atoms with Crippen LogP contribution >= 0.6 is 7.82 Å². The molecule has 0 aromatic carbocycles. The maximum absolute atomic E-state index is 12.6. The summed E-state index contributed by atoms with van der Waals surface area (Å²) in [6.07, 6.45) is 10.1. The van der Waals surface area contributed by atoms with Crippen LogP contribution in [0.1, 0.15) is 12.8 Å². The van der Waals surface area contributed by atoms with Crippen molar-refractivity contribution in [3.05, 3.63) is 35.8 Å². The second-order valence-electron chi connectivity index (χ2n) is 7.81. The molecular formula is C18H21K3NO7P. The summed E-state index contributed by atoms with van der Waals surface area (Å²) in [5, 5.41) is 0. The Balaban J connectivity index is 0.000000511. The van der Waals surface area contributed by atoms with Gasteiger partial charge in [-0.05, 0) is 44.5 Å². The number of hydrogen-bond donors (Lipinski definition) is 0. The minimum atomic E-state index is -5.39. The van der Waals surface area contributed by atoms with Gasteiger partial charge >= 0.3 is 154 Å². The minimum Gasteiger partial charge on any atom is -0.822 e. The Morgan fingerprint density at radius 2 is 1.83 bits per heavy atom. The van der Waals surface area contributed by atoms with E-state index in [1.54, 1.807) is 13.2 Å². The molecule has 1 spiro atoms. The molecule has 3 aliphatic carbocycles. The van der Waals surface area contributed by atoms with Crippen LogP contribution in [-0.2, 0) is 18.8 Å². The molecule has 0 aromatic heterocycles. The smallest absolute Gasteiger partial charge is 0.822 e. The molecule has 1 saturated carbocycles. The fraction of sp³-hybridized carbons (Fsp3) is 0.611. The van der Waals surface area contributed by atoms with Crippen molar-refractivity contribution >= 4 is 13.6 Å². The molecule has 3 fully saturated rings. The largest absolute Gasteiger partial charge is 1.00 e. The van der Waals surface area contributed by atoms with E-state index in [2.05, 4.69) is 24.1 Å². The van der Waals surface area contributed by atoms with Crippen molar-refractivity contribution in [1.82, 2.24) is 4.90 Å². The van der Waals surface area contributed by atoms with Gasteiger partial charge in [0.25, 0.3) is 0 Å². The molecule has 2 unspecified atom stereocenters. The van der Waals surface area contributed by atoms with Crippen molar-refractivity contribution in [3.8, 4) is 0 Å². The summed E-state index contributed by atoms with van der Waals surface area (Å²) in [7, 11) is -1.48. The summed E-state index contributed by atoms with van der Waals surface area (Å²) in [5.41, 5.74) is -0.0597. The van der Waals surface area contributed by atoms with E-state index in [1.807, 2.05) is 6.08 Å². The van der Waals surface area contributed by atoms with Crippen molar-refractivity contribution in [2.45, 2.75) is 25.0 Å². The predicted molar refractivity (Wildman–Crippen MR) is 88.4 cm³/mol. The number of ketones is 1. The Morgan fingerprint density at radius 1 is 1.20 bits per heavy atom. The summed E-state index contributed by atoms with van der Waals surface area (Å²) in [6, 6.07) is 0.513. The first kappa shape index (κ1) is 31.5. The Morgan fingerprint density at radius 3 is 2.43 bits per heavy atom. The molecule has 30 heavy (non-hydrogen) atoms. The van der Waals surface area contributed by atoms with E-state index in [-0.39, 0.29) is 171 Å². The summed E-state index contributed by atoms with van der Waals surface area (Å²) in [4.78, 5) is 40.7. The number of likely N-dealkylation sites (tertiary alicyclic amines) is 1. The van der Waals surface area contributed by atoms with Crippen LogP contribution in [-0.4, -0.2) is 43.5 Å². The molecule has 12 heteroatoms. The van der Waals surface area contributed by atoms with E-state index in [4.69, 9.17) is 28.7 Å². The van der Waals surface area contributed by atoms with Crippen LogP contribution in [0.4, 0.5) is 0 Å². The Bertz CT molecular complexity index is 805. The van der Waals surface area contributed by atoms with Crippen LogP contribution < -0.4 is 169 Å². The molecule has 0 N–H and O–H groups in total. The number of ether oxygens (including phenoxy) is 2. The van der Waals surface area contributed by atoms with Crippen molar-refractivity contribution in [2.24, 2.45) is 23.2 Å². The molecule has 5 aliphatic rings. The SMILES string of the molecule is COC1=C2O[C@H]3C(=O)C=C[C@H]4[C@H]5CC(C=C1)C2[C@@]34CCN5C.O=P([O-])([O-])[O-].[K+].[K+].[K+]. The van der Waals surface area contributed by atoms with E-state index in [1.165, 1.54) is 0 Å². The Kier molecular flexibility index (Phi) is 12.7. The molecule has 0 radical (unpaired) electrons. The standard InChI is InChI=1S/C18H21NO3.3K.H3O4P/c1-19-8-7-18-11-4-5-13(20)17(18)22-16-14(21-2)6-3-10(15(16)18)9-12(11)19;;;;1-5(2,3)4/h3-6,10-12,15,17H,7-9H2,1-2H3;;;;(H3,1,2,3,4)/q;3*+1;/p-3/t10?,11-,12+,15?,17-,18-;;;;/m0..../s1. The summed E-state index contributed by atoms with van der Waals surface area (Å²) >= 11 is 0. The normalized spacial score (nSPS) is 37.4. The predicted octanol–water partition coefficient (Wildman–Crippen LogP) is -9.92. The number of hydrogen-bond acceptors (Lipinski definition) is 8. The number of methoxy groups -OCH3 is 1. The average Bonchev–Trinajstić information content (AvgIpc) is 2.93. The zero-order chi connectivity index (χ0) is 19.6. The number of allylic oxidation sites excluding steroid dienone is 3. The van der Waals surface area contributed by atoms with E-state index in [9.17, 15) is 4.79 Å². The fourth-order valence-corrected chi connectivity index (χ4v) is 5.83. The zero-order valence-electron chi connectivity index (χ0n) is 18.1. The van der Waals surface area contributed by atoms with Gasteiger partial charge in [-0.25, -0.2) is 0 Å². The maximum Gasteiger partial charge on any atom is 1.00 e. The number of phosphoric acid groups is 1. The van der Waals surface area contributed by atoms with Gasteiger partial charge in [-0.15, -0.1) is 0 Å². The van der Waals surface area contributed by atoms with E-state index in [0.29, 0.717) is 23.8 Å². The first-order valence-corrected chi connectivity index (χ1v) is 10.4. The molecule has 6 atom stereocenters. The average molecular weight is 512 g/mol. The molecule has 2 bridgehead atoms. The van der Waals surface area contributed by atoms with Crippen LogP contribution in [0.25, 0.3) is 0 Å². The first-order valence-electron chi connectivity index (χ1n) is 8.95. The van der Waals surface area contributed by atoms with E-state index in [0.717, 1.165) is 30.9 Å². The maximum atomic E-state index is 12.6. The van der Waals surface area contributed by atoms with Crippen LogP contribution in [0.15, 0.2) is 35.8 Å². The van der Waals surface area contributed by atoms with Gasteiger partial charge in [-0.2, -0.15) is 7.82 Å². The van der Waals surface area contributed by atoms with Gasteiger partial charge in [-0.3, -0.25) is 4.79 Å². The topological polar surface area (TPSA) is 125 Å². The van der Waals surface area contributed by atoms with E-state index >= 15 is 0 Å². The van der Waals surface area contributed by atoms with Crippen LogP contribution in [0.5, 0.6) is 0 Å².